The molecule has 0 saturated heterocycles. The van der Waals surface area contributed by atoms with E-state index in [1.54, 1.807) is 0 Å². The monoisotopic (exact) mass is 628 g/mol. The summed E-state index contributed by atoms with van der Waals surface area (Å²) in [5.41, 5.74) is 15.0. The Morgan fingerprint density at radius 3 is 1.18 bits per heavy atom. The van der Waals surface area contributed by atoms with Gasteiger partial charge in [-0.25, -0.2) is 0 Å². The third kappa shape index (κ3) is 2.93. The van der Waals surface area contributed by atoms with E-state index in [0.717, 1.165) is 0 Å². The molecule has 5 heteroatoms. The number of allylic oxidation sites excluding steroid dienone is 2. The first-order chi connectivity index (χ1) is 24.4. The highest BCUT2D eigenvalue weighted by Gasteiger charge is 2.67. The Kier molecular flexibility index (Phi) is 4.72. The summed E-state index contributed by atoms with van der Waals surface area (Å²) in [4.78, 5) is 0.384. The van der Waals surface area contributed by atoms with Crippen LogP contribution in [0, 0.1) is 0 Å². The molecule has 6 aliphatic heterocycles. The fourth-order valence-electron chi connectivity index (χ4n) is 9.48. The normalized spacial score (nSPS) is 23.1. The summed E-state index contributed by atoms with van der Waals surface area (Å²) in [7, 11) is 0. The number of hydrogen-bond acceptors (Lipinski definition) is 2. The van der Waals surface area contributed by atoms with Gasteiger partial charge >= 0.3 is 0 Å². The molecule has 5 nitrogen and oxygen atoms in total. The maximum Gasteiger partial charge on any atom is 0.134 e. The number of hydrogen-bond donors (Lipinski definition) is 0. The standard InChI is InChI=1S/C44H30N5/c1-5-13-29(14-6-1)41-33-21-23-35-42(30-15-7-2-8-16-30)37-25-27-39-44(32-19-11-4-12-20-32)40-28-26-38-43(31-17-9-3-10-18-31)36-24-22-34(41)46(36)49(45(33)35,47(37)39)48(38)40/h1-28,33,38H/q+1. The van der Waals surface area contributed by atoms with Crippen LogP contribution in [0.25, 0.3) is 22.3 Å². The Labute approximate surface area is 283 Å². The van der Waals surface area contributed by atoms with Gasteiger partial charge in [0.15, 0.2) is 0 Å². The van der Waals surface area contributed by atoms with Crippen LogP contribution in [0.5, 0.6) is 0 Å². The summed E-state index contributed by atoms with van der Waals surface area (Å²) in [6, 6.07) is 53.4. The zero-order valence-corrected chi connectivity index (χ0v) is 26.6. The Morgan fingerprint density at radius 1 is 0.388 bits per heavy atom. The fraction of sp³-hybridized carbons (Fsp3) is 0.0455. The van der Waals surface area contributed by atoms with Gasteiger partial charge in [0.1, 0.15) is 45.6 Å². The molecule has 0 fully saturated rings. The predicted molar refractivity (Wildman–Crippen MR) is 193 cm³/mol. The third-order valence-corrected chi connectivity index (χ3v) is 11.2. The lowest BCUT2D eigenvalue weighted by Crippen LogP contribution is -2.88. The minimum absolute atomic E-state index is 0.00816. The van der Waals surface area contributed by atoms with Gasteiger partial charge in [-0.15, -0.1) is 19.4 Å². The van der Waals surface area contributed by atoms with E-state index in [-0.39, 0.29) is 12.1 Å². The maximum atomic E-state index is 2.68. The van der Waals surface area contributed by atoms with Crippen LogP contribution < -0.4 is 15.6 Å². The van der Waals surface area contributed by atoms with E-state index in [9.17, 15) is 0 Å². The van der Waals surface area contributed by atoms with Gasteiger partial charge in [0, 0.05) is 22.3 Å². The Morgan fingerprint density at radius 2 is 0.776 bits per heavy atom. The van der Waals surface area contributed by atoms with E-state index in [4.69, 9.17) is 0 Å². The highest BCUT2D eigenvalue weighted by atomic mass is 16.3. The molecular formula is C44H30N5+. The number of quaternary nitrogens is 1. The number of benzene rings is 4. The van der Waals surface area contributed by atoms with E-state index in [1.807, 2.05) is 0 Å². The molecule has 0 bridgehead atoms. The van der Waals surface area contributed by atoms with Gasteiger partial charge in [-0.3, -0.25) is 0 Å². The molecule has 230 valence electrons. The number of rotatable bonds is 4. The molecule has 6 aliphatic rings. The highest BCUT2D eigenvalue weighted by molar-refractivity contribution is 5.91. The SMILES string of the molecule is C1=CC2C(c3ccccc3)=c3ccc4n3[N+]35N2C1=C(c1ccccc1)c1ccc(n13)C(c1ccccc1)=C1C=CC(C=4c2ccccc2)N15. The first-order valence-corrected chi connectivity index (χ1v) is 17.1. The zero-order chi connectivity index (χ0) is 31.8. The largest absolute Gasteiger partial charge is 0.136 e. The first kappa shape index (κ1) is 25.7. The van der Waals surface area contributed by atoms with Crippen molar-refractivity contribution >= 4 is 22.3 Å². The van der Waals surface area contributed by atoms with Crippen LogP contribution in [0.3, 0.4) is 0 Å². The van der Waals surface area contributed by atoms with Crippen LogP contribution in [0.4, 0.5) is 0 Å². The summed E-state index contributed by atoms with van der Waals surface area (Å²) in [6.45, 7) is 0. The second-order valence-corrected chi connectivity index (χ2v) is 13.5. The van der Waals surface area contributed by atoms with Crippen LogP contribution in [0.2, 0.25) is 0 Å². The highest BCUT2D eigenvalue weighted by Crippen LogP contribution is 2.54. The molecule has 8 heterocycles. The second-order valence-electron chi connectivity index (χ2n) is 13.5. The van der Waals surface area contributed by atoms with E-state index >= 15 is 0 Å². The molecular weight excluding hydrogens is 599 g/mol. The van der Waals surface area contributed by atoms with Gasteiger partial charge in [-0.05, 0) is 70.8 Å². The van der Waals surface area contributed by atoms with Gasteiger partial charge in [0.25, 0.3) is 0 Å². The molecule has 0 amide bonds. The van der Waals surface area contributed by atoms with Crippen LogP contribution in [-0.4, -0.2) is 31.5 Å². The molecule has 4 aromatic carbocycles. The molecule has 2 atom stereocenters. The average molecular weight is 629 g/mol. The van der Waals surface area contributed by atoms with Crippen molar-refractivity contribution in [2.45, 2.75) is 12.1 Å². The molecule has 0 saturated carbocycles. The van der Waals surface area contributed by atoms with E-state index in [1.165, 1.54) is 78.0 Å². The number of aromatic nitrogens is 2. The van der Waals surface area contributed by atoms with Crippen molar-refractivity contribution in [3.8, 4) is 0 Å². The average Bonchev–Trinajstić information content (AvgIpc) is 3.99. The van der Waals surface area contributed by atoms with Gasteiger partial charge in [0.05, 0.1) is 4.92 Å². The molecule has 0 N–H and O–H groups in total. The summed E-state index contributed by atoms with van der Waals surface area (Å²) in [6.07, 6.45) is 9.63. The number of nitrogens with zero attached hydrogens (tertiary/aromatic N) is 5. The molecule has 2 unspecified atom stereocenters. The molecule has 2 aromatic heterocycles. The first-order valence-electron chi connectivity index (χ1n) is 17.1. The summed E-state index contributed by atoms with van der Waals surface area (Å²) in [5, 5.41) is 7.84. The van der Waals surface area contributed by atoms with Crippen LogP contribution in [0.1, 0.15) is 33.6 Å². The maximum absolute atomic E-state index is 2.68. The Balaban J connectivity index is 1.32. The lowest BCUT2D eigenvalue weighted by Gasteiger charge is -2.59. The lowest BCUT2D eigenvalue weighted by molar-refractivity contribution is -0.272. The zero-order valence-electron chi connectivity index (χ0n) is 26.6. The molecule has 0 aliphatic carbocycles. The minimum atomic E-state index is 0.00816. The Hall–Kier alpha value is -6.30. The lowest BCUT2D eigenvalue weighted by atomic mass is 9.95. The summed E-state index contributed by atoms with van der Waals surface area (Å²) in [5.74, 6) is 0. The minimum Gasteiger partial charge on any atom is -0.136 e. The van der Waals surface area contributed by atoms with E-state index in [2.05, 4.69) is 189 Å². The smallest absolute Gasteiger partial charge is 0.134 e. The van der Waals surface area contributed by atoms with Gasteiger partial charge in [0.2, 0.25) is 0 Å². The van der Waals surface area contributed by atoms with Crippen molar-refractivity contribution in [1.29, 1.82) is 0 Å². The summed E-state index contributed by atoms with van der Waals surface area (Å²) < 4.78 is 5.24. The van der Waals surface area contributed by atoms with Crippen molar-refractivity contribution in [1.82, 2.24) is 24.3 Å². The molecule has 0 radical (unpaired) electrons. The summed E-state index contributed by atoms with van der Waals surface area (Å²) >= 11 is 0. The predicted octanol–water partition coefficient (Wildman–Crippen LogP) is 6.47. The van der Waals surface area contributed by atoms with Gasteiger partial charge in [-0.2, -0.15) is 0 Å². The molecule has 12 rings (SSSR count). The van der Waals surface area contributed by atoms with E-state index < -0.39 is 0 Å². The Bertz CT molecular complexity index is 2480. The van der Waals surface area contributed by atoms with Crippen LogP contribution in [-0.2, 0) is 0 Å². The molecule has 6 aromatic rings. The fourth-order valence-corrected chi connectivity index (χ4v) is 9.48. The van der Waals surface area contributed by atoms with Crippen molar-refractivity contribution in [3.63, 3.8) is 0 Å². The van der Waals surface area contributed by atoms with Crippen LogP contribution in [0.15, 0.2) is 181 Å². The third-order valence-electron chi connectivity index (χ3n) is 11.2. The van der Waals surface area contributed by atoms with Crippen molar-refractivity contribution in [2.24, 2.45) is 0 Å². The molecule has 1 spiro atoms. The van der Waals surface area contributed by atoms with E-state index in [0.29, 0.717) is 4.92 Å². The van der Waals surface area contributed by atoms with Crippen molar-refractivity contribution in [2.75, 3.05) is 0 Å². The quantitative estimate of drug-likeness (QED) is 0.208. The van der Waals surface area contributed by atoms with Gasteiger partial charge in [-0.1, -0.05) is 121 Å². The molecule has 49 heavy (non-hydrogen) atoms. The van der Waals surface area contributed by atoms with Gasteiger partial charge < -0.3 is 0 Å². The van der Waals surface area contributed by atoms with Crippen molar-refractivity contribution in [3.05, 3.63) is 226 Å². The topological polar surface area (TPSA) is 16.3 Å². The van der Waals surface area contributed by atoms with Crippen molar-refractivity contribution < 1.29 is 0 Å². The second kappa shape index (κ2) is 8.98. The van der Waals surface area contributed by atoms with Crippen LogP contribution >= 0.6 is 0 Å².